The highest BCUT2D eigenvalue weighted by Crippen LogP contribution is 2.38. The number of aliphatic hydroxyl groups excluding tert-OH is 1. The van der Waals surface area contributed by atoms with Crippen LogP contribution in [0.15, 0.2) is 47.5 Å². The number of aromatic nitrogens is 3. The minimum Gasteiger partial charge on any atom is -0.497 e. The molecule has 3 aromatic rings. The third kappa shape index (κ3) is 4.88. The minimum absolute atomic E-state index is 0.0370. The van der Waals surface area contributed by atoms with Crippen LogP contribution in [-0.2, 0) is 11.2 Å². The number of aliphatic hydroxyl groups is 1. The van der Waals surface area contributed by atoms with Crippen molar-refractivity contribution in [1.82, 2.24) is 14.8 Å². The van der Waals surface area contributed by atoms with Crippen LogP contribution in [0.2, 0.25) is 10.0 Å². The number of aryl methyl sites for hydroxylation is 1. The van der Waals surface area contributed by atoms with Gasteiger partial charge < -0.3 is 15.2 Å². The Morgan fingerprint density at radius 1 is 1.18 bits per heavy atom. The smallest absolute Gasteiger partial charge is 0.248 e. The van der Waals surface area contributed by atoms with Crippen LogP contribution < -0.4 is 10.1 Å². The molecule has 0 radical (unpaired) electrons. The Labute approximate surface area is 201 Å². The van der Waals surface area contributed by atoms with Crippen molar-refractivity contribution in [3.63, 3.8) is 0 Å². The quantitative estimate of drug-likeness (QED) is 0.511. The number of rotatable bonds is 7. The summed E-state index contributed by atoms with van der Waals surface area (Å²) in [6.07, 6.45) is 1.03. The second kappa shape index (κ2) is 9.91. The molecular formula is C23H23Cl2N5O3. The molecule has 0 fully saturated rings. The Morgan fingerprint density at radius 2 is 1.94 bits per heavy atom. The van der Waals surface area contributed by atoms with E-state index in [4.69, 9.17) is 33.0 Å². The first-order valence-corrected chi connectivity index (χ1v) is 11.2. The molecule has 0 saturated heterocycles. The highest BCUT2D eigenvalue weighted by atomic mass is 35.5. The molecule has 0 aliphatic carbocycles. The molecule has 8 nitrogen and oxygen atoms in total. The zero-order valence-electron chi connectivity index (χ0n) is 18.1. The van der Waals surface area contributed by atoms with Crippen molar-refractivity contribution in [2.24, 2.45) is 10.9 Å². The lowest BCUT2D eigenvalue weighted by molar-refractivity contribution is -0.118. The van der Waals surface area contributed by atoms with Crippen LogP contribution in [0.25, 0.3) is 0 Å². The van der Waals surface area contributed by atoms with E-state index in [0.29, 0.717) is 51.8 Å². The number of fused-ring (bicyclic) bond motifs is 1. The van der Waals surface area contributed by atoms with Gasteiger partial charge in [-0.3, -0.25) is 4.79 Å². The molecule has 1 aliphatic rings. The fourth-order valence-corrected chi connectivity index (χ4v) is 4.12. The summed E-state index contributed by atoms with van der Waals surface area (Å²) in [6, 6.07) is 11.8. The van der Waals surface area contributed by atoms with Gasteiger partial charge in [0.1, 0.15) is 11.7 Å². The predicted molar refractivity (Wildman–Crippen MR) is 128 cm³/mol. The van der Waals surface area contributed by atoms with E-state index in [1.165, 1.54) is 0 Å². The Bertz CT molecular complexity index is 1190. The number of nitrogens with one attached hydrogen (secondary N) is 1. The minimum atomic E-state index is -0.663. The normalized spacial score (nSPS) is 17.3. The largest absolute Gasteiger partial charge is 0.497 e. The van der Waals surface area contributed by atoms with E-state index in [0.717, 1.165) is 5.56 Å². The number of anilines is 1. The van der Waals surface area contributed by atoms with Crippen molar-refractivity contribution in [3.05, 3.63) is 63.9 Å². The first-order valence-electron chi connectivity index (χ1n) is 10.4. The zero-order valence-corrected chi connectivity index (χ0v) is 19.6. The van der Waals surface area contributed by atoms with Gasteiger partial charge in [0, 0.05) is 24.4 Å². The standard InChI is InChI=1S/C23H23Cl2N5O3/c1-13-20(22(32)27-15-6-8-16(33-2)9-7-15)21(14-5-10-17(24)18(25)12-14)30-23(26-13)28-19(29-30)4-3-11-31/h5-10,12,20-21,31H,3-4,11H2,1-2H3,(H,27,32). The Morgan fingerprint density at radius 3 is 2.61 bits per heavy atom. The lowest BCUT2D eigenvalue weighted by Gasteiger charge is -2.30. The van der Waals surface area contributed by atoms with Gasteiger partial charge in [0.25, 0.3) is 0 Å². The zero-order chi connectivity index (χ0) is 23.5. The van der Waals surface area contributed by atoms with Crippen LogP contribution in [0.5, 0.6) is 5.75 Å². The number of methoxy groups -OCH3 is 1. The lowest BCUT2D eigenvalue weighted by atomic mass is 9.87. The molecule has 33 heavy (non-hydrogen) atoms. The number of amides is 1. The molecule has 2 unspecified atom stereocenters. The summed E-state index contributed by atoms with van der Waals surface area (Å²) in [5.74, 6) is 0.751. The van der Waals surface area contributed by atoms with Crippen molar-refractivity contribution in [2.45, 2.75) is 25.8 Å². The molecule has 0 bridgehead atoms. The topological polar surface area (TPSA) is 102 Å². The second-order valence-corrected chi connectivity index (χ2v) is 8.48. The van der Waals surface area contributed by atoms with E-state index < -0.39 is 12.0 Å². The number of aliphatic imine (C=N–C) groups is 1. The molecule has 4 rings (SSSR count). The van der Waals surface area contributed by atoms with E-state index in [9.17, 15) is 4.79 Å². The number of benzene rings is 2. The number of hydrogen-bond donors (Lipinski definition) is 2. The number of hydrogen-bond acceptors (Lipinski definition) is 6. The molecular weight excluding hydrogens is 465 g/mol. The Kier molecular flexibility index (Phi) is 6.97. The van der Waals surface area contributed by atoms with Gasteiger partial charge in [0.05, 0.1) is 23.2 Å². The summed E-state index contributed by atoms with van der Waals surface area (Å²) < 4.78 is 6.83. The molecule has 2 atom stereocenters. The average Bonchev–Trinajstić information content (AvgIpc) is 3.21. The fraction of sp³-hybridized carbons (Fsp3) is 0.304. The van der Waals surface area contributed by atoms with Crippen LogP contribution in [0.1, 0.15) is 30.8 Å². The molecule has 0 saturated carbocycles. The molecule has 0 spiro atoms. The summed E-state index contributed by atoms with van der Waals surface area (Å²) in [6.45, 7) is 1.84. The van der Waals surface area contributed by atoms with Gasteiger partial charge in [-0.2, -0.15) is 10.1 Å². The fourth-order valence-electron chi connectivity index (χ4n) is 3.82. The van der Waals surface area contributed by atoms with Gasteiger partial charge in [0.15, 0.2) is 5.82 Å². The first kappa shape index (κ1) is 23.2. The third-order valence-corrected chi connectivity index (χ3v) is 6.19. The number of ether oxygens (including phenoxy) is 1. The Balaban J connectivity index is 1.73. The second-order valence-electron chi connectivity index (χ2n) is 7.67. The van der Waals surface area contributed by atoms with Gasteiger partial charge in [-0.05, 0) is 55.3 Å². The van der Waals surface area contributed by atoms with Crippen molar-refractivity contribution in [3.8, 4) is 5.75 Å². The molecule has 2 N–H and O–H groups in total. The highest BCUT2D eigenvalue weighted by molar-refractivity contribution is 6.42. The molecule has 1 aliphatic heterocycles. The summed E-state index contributed by atoms with van der Waals surface area (Å²) in [5.41, 5.74) is 1.99. The molecule has 1 aromatic heterocycles. The maximum absolute atomic E-state index is 13.5. The lowest BCUT2D eigenvalue weighted by Crippen LogP contribution is -2.39. The molecule has 2 aromatic carbocycles. The molecule has 1 amide bonds. The van der Waals surface area contributed by atoms with Gasteiger partial charge in [-0.1, -0.05) is 29.3 Å². The maximum Gasteiger partial charge on any atom is 0.248 e. The van der Waals surface area contributed by atoms with Crippen LogP contribution in [0.4, 0.5) is 11.6 Å². The van der Waals surface area contributed by atoms with Gasteiger partial charge in [-0.15, -0.1) is 0 Å². The van der Waals surface area contributed by atoms with Crippen LogP contribution in [-0.4, -0.2) is 45.2 Å². The molecule has 172 valence electrons. The summed E-state index contributed by atoms with van der Waals surface area (Å²) >= 11 is 12.4. The summed E-state index contributed by atoms with van der Waals surface area (Å²) in [7, 11) is 1.59. The monoisotopic (exact) mass is 487 g/mol. The van der Waals surface area contributed by atoms with Gasteiger partial charge in [-0.25, -0.2) is 9.67 Å². The van der Waals surface area contributed by atoms with E-state index >= 15 is 0 Å². The van der Waals surface area contributed by atoms with E-state index in [2.05, 4.69) is 20.4 Å². The molecule has 2 heterocycles. The van der Waals surface area contributed by atoms with Gasteiger partial charge in [0.2, 0.25) is 11.9 Å². The predicted octanol–water partition coefficient (Wildman–Crippen LogP) is 4.47. The third-order valence-electron chi connectivity index (χ3n) is 5.45. The number of halogens is 2. The Hall–Kier alpha value is -2.94. The van der Waals surface area contributed by atoms with Crippen molar-refractivity contribution in [1.29, 1.82) is 0 Å². The summed E-state index contributed by atoms with van der Waals surface area (Å²) in [4.78, 5) is 22.5. The van der Waals surface area contributed by atoms with Crippen LogP contribution >= 0.6 is 23.2 Å². The van der Waals surface area contributed by atoms with Crippen molar-refractivity contribution < 1.29 is 14.6 Å². The summed E-state index contributed by atoms with van der Waals surface area (Å²) in [5, 5.41) is 17.5. The van der Waals surface area contributed by atoms with Crippen molar-refractivity contribution in [2.75, 3.05) is 19.0 Å². The van der Waals surface area contributed by atoms with E-state index in [-0.39, 0.29) is 12.5 Å². The SMILES string of the molecule is COc1ccc(NC(=O)C2C(C)=Nc3nc(CCCO)nn3C2c2ccc(Cl)c(Cl)c2)cc1. The van der Waals surface area contributed by atoms with Crippen LogP contribution in [0, 0.1) is 5.92 Å². The van der Waals surface area contributed by atoms with E-state index in [1.54, 1.807) is 55.1 Å². The van der Waals surface area contributed by atoms with E-state index in [1.807, 2.05) is 6.07 Å². The maximum atomic E-state index is 13.5. The van der Waals surface area contributed by atoms with Gasteiger partial charge >= 0.3 is 0 Å². The number of nitrogens with zero attached hydrogens (tertiary/aromatic N) is 4. The first-order chi connectivity index (χ1) is 15.9. The number of carbonyl (C=O) groups is 1. The number of carbonyl (C=O) groups excluding carboxylic acids is 1. The molecule has 10 heteroatoms. The van der Waals surface area contributed by atoms with Crippen molar-refractivity contribution >= 4 is 46.5 Å². The average molecular weight is 488 g/mol. The highest BCUT2D eigenvalue weighted by Gasteiger charge is 2.39. The van der Waals surface area contributed by atoms with Crippen LogP contribution in [0.3, 0.4) is 0 Å².